The molecule has 0 fully saturated rings. The van der Waals surface area contributed by atoms with E-state index < -0.39 is 17.7 Å². The number of carbonyl (C=O) groups is 2. The molecule has 1 aromatic rings. The minimum atomic E-state index is -0.691. The predicted molar refractivity (Wildman–Crippen MR) is 95.4 cm³/mol. The van der Waals surface area contributed by atoms with Gasteiger partial charge in [0.1, 0.15) is 11.6 Å². The number of aromatic nitrogens is 1. The molecule has 0 saturated carbocycles. The third-order valence-corrected chi connectivity index (χ3v) is 5.01. The third kappa shape index (κ3) is 5.19. The maximum atomic E-state index is 12.2. The van der Waals surface area contributed by atoms with Gasteiger partial charge in [0.25, 0.3) is 0 Å². The van der Waals surface area contributed by atoms with Crippen LogP contribution in [0.4, 0.5) is 9.93 Å². The number of ether oxygens (including phenoxy) is 1. The summed E-state index contributed by atoms with van der Waals surface area (Å²) in [6, 6.07) is -0.691. The Hall–Kier alpha value is -1.63. The van der Waals surface area contributed by atoms with E-state index in [4.69, 9.17) is 4.74 Å². The minimum absolute atomic E-state index is 0.293. The second-order valence-corrected chi connectivity index (χ2v) is 8.35. The summed E-state index contributed by atoms with van der Waals surface area (Å²) in [5, 5.41) is 5.95. The number of alkyl carbamates (subject to hydrolysis) is 1. The summed E-state index contributed by atoms with van der Waals surface area (Å²) in [6.07, 6.45) is 3.76. The van der Waals surface area contributed by atoms with Crippen molar-refractivity contribution >= 4 is 28.5 Å². The molecule has 1 aliphatic carbocycles. The van der Waals surface area contributed by atoms with Gasteiger partial charge in [0.05, 0.1) is 5.69 Å². The number of nitrogens with zero attached hydrogens (tertiary/aromatic N) is 1. The molecule has 1 heterocycles. The fourth-order valence-corrected chi connectivity index (χ4v) is 3.73. The lowest BCUT2D eigenvalue weighted by Gasteiger charge is -2.21. The van der Waals surface area contributed by atoms with Gasteiger partial charge in [-0.15, -0.1) is 11.3 Å². The van der Waals surface area contributed by atoms with E-state index in [1.165, 1.54) is 11.3 Å². The number of amides is 2. The van der Waals surface area contributed by atoms with Crippen molar-refractivity contribution in [2.24, 2.45) is 5.92 Å². The largest absolute Gasteiger partial charge is 0.444 e. The number of rotatable bonds is 4. The standard InChI is InChI=1S/C17H27N3O3S/c1-6-11-7-8-12-13(9-11)24-15(19-12)20-14(21)10(2)18-16(22)23-17(3,4)5/h10-11H,6-9H2,1-5H3,(H,18,22)(H,19,20,21). The smallest absolute Gasteiger partial charge is 0.408 e. The summed E-state index contributed by atoms with van der Waals surface area (Å²) < 4.78 is 5.16. The van der Waals surface area contributed by atoms with Crippen molar-refractivity contribution < 1.29 is 14.3 Å². The SMILES string of the molecule is CCC1CCc2nc(NC(=O)C(C)NC(=O)OC(C)(C)C)sc2C1. The van der Waals surface area contributed by atoms with Gasteiger partial charge in [0.15, 0.2) is 5.13 Å². The van der Waals surface area contributed by atoms with Crippen molar-refractivity contribution in [3.63, 3.8) is 0 Å². The van der Waals surface area contributed by atoms with Gasteiger partial charge < -0.3 is 15.4 Å². The molecule has 134 valence electrons. The molecule has 0 aromatic carbocycles. The fraction of sp³-hybridized carbons (Fsp3) is 0.706. The number of anilines is 1. The first-order valence-corrected chi connectivity index (χ1v) is 9.28. The predicted octanol–water partition coefficient (Wildman–Crippen LogP) is 3.51. The second-order valence-electron chi connectivity index (χ2n) is 7.26. The van der Waals surface area contributed by atoms with Crippen LogP contribution in [0.15, 0.2) is 0 Å². The van der Waals surface area contributed by atoms with Crippen molar-refractivity contribution in [1.29, 1.82) is 0 Å². The molecule has 2 N–H and O–H groups in total. The molecule has 1 aromatic heterocycles. The lowest BCUT2D eigenvalue weighted by atomic mass is 9.89. The number of hydrogen-bond acceptors (Lipinski definition) is 5. The molecule has 2 unspecified atom stereocenters. The first-order chi connectivity index (χ1) is 11.2. The lowest BCUT2D eigenvalue weighted by molar-refractivity contribution is -0.117. The van der Waals surface area contributed by atoms with Crippen LogP contribution in [0.5, 0.6) is 0 Å². The summed E-state index contributed by atoms with van der Waals surface area (Å²) in [5.41, 5.74) is 0.512. The van der Waals surface area contributed by atoms with E-state index in [0.717, 1.165) is 25.0 Å². The molecular weight excluding hydrogens is 326 g/mol. The Morgan fingerprint density at radius 1 is 1.42 bits per heavy atom. The van der Waals surface area contributed by atoms with Crippen LogP contribution in [-0.4, -0.2) is 28.6 Å². The van der Waals surface area contributed by atoms with Gasteiger partial charge in [0, 0.05) is 4.88 Å². The Labute approximate surface area is 147 Å². The average Bonchev–Trinajstić information content (AvgIpc) is 2.85. The Morgan fingerprint density at radius 2 is 2.12 bits per heavy atom. The van der Waals surface area contributed by atoms with Crippen LogP contribution in [0.1, 0.15) is 58.0 Å². The lowest BCUT2D eigenvalue weighted by Crippen LogP contribution is -2.43. The zero-order valence-electron chi connectivity index (χ0n) is 15.1. The maximum Gasteiger partial charge on any atom is 0.408 e. The van der Waals surface area contributed by atoms with Crippen LogP contribution in [0.25, 0.3) is 0 Å². The number of hydrogen-bond donors (Lipinski definition) is 2. The molecule has 0 saturated heterocycles. The van der Waals surface area contributed by atoms with Crippen molar-refractivity contribution in [3.05, 3.63) is 10.6 Å². The first-order valence-electron chi connectivity index (χ1n) is 8.47. The van der Waals surface area contributed by atoms with Gasteiger partial charge in [-0.2, -0.15) is 0 Å². The Kier molecular flexibility index (Phi) is 5.85. The van der Waals surface area contributed by atoms with Crippen molar-refractivity contribution in [3.8, 4) is 0 Å². The number of fused-ring (bicyclic) bond motifs is 1. The zero-order valence-corrected chi connectivity index (χ0v) is 15.9. The van der Waals surface area contributed by atoms with E-state index in [0.29, 0.717) is 11.0 Å². The van der Waals surface area contributed by atoms with Crippen LogP contribution < -0.4 is 10.6 Å². The van der Waals surface area contributed by atoms with E-state index in [1.54, 1.807) is 39.0 Å². The van der Waals surface area contributed by atoms with Gasteiger partial charge in [-0.3, -0.25) is 4.79 Å². The van der Waals surface area contributed by atoms with Gasteiger partial charge in [-0.1, -0.05) is 13.3 Å². The van der Waals surface area contributed by atoms with Crippen LogP contribution >= 0.6 is 11.3 Å². The van der Waals surface area contributed by atoms with E-state index >= 15 is 0 Å². The number of carbonyl (C=O) groups excluding carboxylic acids is 2. The summed E-state index contributed by atoms with van der Waals surface area (Å²) >= 11 is 1.54. The van der Waals surface area contributed by atoms with Crippen molar-refractivity contribution in [1.82, 2.24) is 10.3 Å². The molecule has 2 atom stereocenters. The summed E-state index contributed by atoms with van der Waals surface area (Å²) in [5.74, 6) is 0.424. The summed E-state index contributed by atoms with van der Waals surface area (Å²) in [6.45, 7) is 9.17. The van der Waals surface area contributed by atoms with Gasteiger partial charge in [-0.05, 0) is 52.9 Å². The Balaban J connectivity index is 1.90. The quantitative estimate of drug-likeness (QED) is 0.868. The molecule has 1 aliphatic rings. The second kappa shape index (κ2) is 7.51. The highest BCUT2D eigenvalue weighted by atomic mass is 32.1. The van der Waals surface area contributed by atoms with Crippen LogP contribution in [0.3, 0.4) is 0 Å². The van der Waals surface area contributed by atoms with E-state index in [9.17, 15) is 9.59 Å². The van der Waals surface area contributed by atoms with Crippen molar-refractivity contribution in [2.75, 3.05) is 5.32 Å². The number of nitrogens with one attached hydrogen (secondary N) is 2. The van der Waals surface area contributed by atoms with Gasteiger partial charge in [-0.25, -0.2) is 9.78 Å². The third-order valence-electron chi connectivity index (χ3n) is 3.98. The normalized spacial score (nSPS) is 18.5. The first kappa shape index (κ1) is 18.7. The molecule has 24 heavy (non-hydrogen) atoms. The molecule has 2 amide bonds. The summed E-state index contributed by atoms with van der Waals surface area (Å²) in [7, 11) is 0. The van der Waals surface area contributed by atoms with E-state index in [-0.39, 0.29) is 5.91 Å². The maximum absolute atomic E-state index is 12.2. The highest BCUT2D eigenvalue weighted by Crippen LogP contribution is 2.33. The molecule has 0 spiro atoms. The zero-order chi connectivity index (χ0) is 17.9. The van der Waals surface area contributed by atoms with Gasteiger partial charge in [0.2, 0.25) is 5.91 Å². The molecule has 0 radical (unpaired) electrons. The molecule has 0 aliphatic heterocycles. The molecule has 0 bridgehead atoms. The van der Waals surface area contributed by atoms with Gasteiger partial charge >= 0.3 is 6.09 Å². The number of aryl methyl sites for hydroxylation is 1. The highest BCUT2D eigenvalue weighted by Gasteiger charge is 2.24. The topological polar surface area (TPSA) is 80.3 Å². The van der Waals surface area contributed by atoms with Crippen LogP contribution in [0.2, 0.25) is 0 Å². The van der Waals surface area contributed by atoms with Crippen molar-refractivity contribution in [2.45, 2.75) is 71.9 Å². The van der Waals surface area contributed by atoms with Crippen LogP contribution in [0, 0.1) is 5.92 Å². The van der Waals surface area contributed by atoms with E-state index in [2.05, 4.69) is 22.5 Å². The number of thiazole rings is 1. The van der Waals surface area contributed by atoms with E-state index in [1.807, 2.05) is 0 Å². The Morgan fingerprint density at radius 3 is 2.75 bits per heavy atom. The molecule has 6 nitrogen and oxygen atoms in total. The molecular formula is C17H27N3O3S. The molecule has 7 heteroatoms. The minimum Gasteiger partial charge on any atom is -0.444 e. The average molecular weight is 353 g/mol. The highest BCUT2D eigenvalue weighted by molar-refractivity contribution is 7.15. The summed E-state index contributed by atoms with van der Waals surface area (Å²) in [4.78, 5) is 29.8. The molecule has 2 rings (SSSR count). The van der Waals surface area contributed by atoms with Crippen LogP contribution in [-0.2, 0) is 22.4 Å². The fourth-order valence-electron chi connectivity index (χ4n) is 2.61. The monoisotopic (exact) mass is 353 g/mol. The Bertz CT molecular complexity index is 607.